The molecule has 6 heteroatoms. The highest BCUT2D eigenvalue weighted by Gasteiger charge is 2.28. The fourth-order valence-electron chi connectivity index (χ4n) is 1.88. The van der Waals surface area contributed by atoms with Gasteiger partial charge in [-0.25, -0.2) is 4.98 Å². The molecule has 0 unspecified atom stereocenters. The van der Waals surface area contributed by atoms with Crippen LogP contribution in [0.25, 0.3) is 0 Å². The van der Waals surface area contributed by atoms with Gasteiger partial charge in [-0.3, -0.25) is 9.78 Å². The minimum absolute atomic E-state index is 0.144. The van der Waals surface area contributed by atoms with Crippen LogP contribution in [0.4, 0.5) is 5.82 Å². The van der Waals surface area contributed by atoms with Crippen molar-refractivity contribution in [2.24, 2.45) is 5.41 Å². The Bertz CT molecular complexity index is 642. The molecular formula is C15H15Cl2N3O. The highest BCUT2D eigenvalue weighted by Crippen LogP contribution is 2.24. The molecule has 1 aromatic carbocycles. The normalized spacial score (nSPS) is 11.2. The first-order valence-electron chi connectivity index (χ1n) is 6.40. The van der Waals surface area contributed by atoms with Crippen molar-refractivity contribution < 1.29 is 4.79 Å². The lowest BCUT2D eigenvalue weighted by molar-refractivity contribution is -0.123. The van der Waals surface area contributed by atoms with Crippen molar-refractivity contribution in [2.45, 2.75) is 20.3 Å². The van der Waals surface area contributed by atoms with E-state index < -0.39 is 5.41 Å². The van der Waals surface area contributed by atoms with Gasteiger partial charge >= 0.3 is 0 Å². The van der Waals surface area contributed by atoms with E-state index in [1.807, 2.05) is 38.1 Å². The van der Waals surface area contributed by atoms with Crippen LogP contribution in [-0.2, 0) is 11.2 Å². The lowest BCUT2D eigenvalue weighted by Crippen LogP contribution is -2.33. The van der Waals surface area contributed by atoms with Gasteiger partial charge in [-0.2, -0.15) is 0 Å². The molecule has 2 rings (SSSR count). The van der Waals surface area contributed by atoms with Crippen molar-refractivity contribution in [1.29, 1.82) is 0 Å². The van der Waals surface area contributed by atoms with Gasteiger partial charge in [-0.15, -0.1) is 0 Å². The van der Waals surface area contributed by atoms with Crippen molar-refractivity contribution >= 4 is 34.9 Å². The fourth-order valence-corrected chi connectivity index (χ4v) is 2.15. The summed E-state index contributed by atoms with van der Waals surface area (Å²) in [5.41, 5.74) is 0.439. The van der Waals surface area contributed by atoms with E-state index in [2.05, 4.69) is 15.3 Å². The Kier molecular flexibility index (Phi) is 4.80. The predicted molar refractivity (Wildman–Crippen MR) is 84.6 cm³/mol. The molecular weight excluding hydrogens is 309 g/mol. The molecule has 110 valence electrons. The van der Waals surface area contributed by atoms with Crippen molar-refractivity contribution in [2.75, 3.05) is 5.32 Å². The second-order valence-electron chi connectivity index (χ2n) is 5.37. The Hall–Kier alpha value is -1.65. The molecule has 0 fully saturated rings. The topological polar surface area (TPSA) is 54.9 Å². The van der Waals surface area contributed by atoms with Gasteiger partial charge in [0.05, 0.1) is 12.4 Å². The number of halogens is 2. The number of hydrogen-bond acceptors (Lipinski definition) is 3. The molecule has 0 aliphatic rings. The van der Waals surface area contributed by atoms with Crippen LogP contribution in [0.2, 0.25) is 10.2 Å². The molecule has 21 heavy (non-hydrogen) atoms. The summed E-state index contributed by atoms with van der Waals surface area (Å²) in [4.78, 5) is 20.3. The van der Waals surface area contributed by atoms with Crippen LogP contribution in [0.15, 0.2) is 36.7 Å². The van der Waals surface area contributed by atoms with E-state index in [0.717, 1.165) is 5.56 Å². The summed E-state index contributed by atoms with van der Waals surface area (Å²) in [6, 6.07) is 7.45. The number of benzene rings is 1. The van der Waals surface area contributed by atoms with Crippen LogP contribution < -0.4 is 5.32 Å². The van der Waals surface area contributed by atoms with Crippen molar-refractivity contribution in [3.63, 3.8) is 0 Å². The molecule has 0 saturated carbocycles. The highest BCUT2D eigenvalue weighted by molar-refractivity contribution is 6.30. The van der Waals surface area contributed by atoms with Gasteiger partial charge in [-0.05, 0) is 24.1 Å². The van der Waals surface area contributed by atoms with E-state index in [1.165, 1.54) is 12.4 Å². The minimum atomic E-state index is -0.599. The quantitative estimate of drug-likeness (QED) is 0.925. The molecule has 1 N–H and O–H groups in total. The smallest absolute Gasteiger partial charge is 0.231 e. The predicted octanol–water partition coefficient (Wildman–Crippen LogP) is 3.99. The summed E-state index contributed by atoms with van der Waals surface area (Å²) in [5, 5.41) is 3.65. The Balaban J connectivity index is 2.07. The second kappa shape index (κ2) is 6.41. The zero-order valence-corrected chi connectivity index (χ0v) is 13.2. The molecule has 0 bridgehead atoms. The number of carbonyl (C=O) groups is 1. The number of carbonyl (C=O) groups excluding carboxylic acids is 1. The molecule has 0 radical (unpaired) electrons. The first kappa shape index (κ1) is 15.7. The summed E-state index contributed by atoms with van der Waals surface area (Å²) in [7, 11) is 0. The van der Waals surface area contributed by atoms with E-state index in [9.17, 15) is 4.79 Å². The van der Waals surface area contributed by atoms with Crippen molar-refractivity contribution in [1.82, 2.24) is 9.97 Å². The minimum Gasteiger partial charge on any atom is -0.309 e. The largest absolute Gasteiger partial charge is 0.309 e. The lowest BCUT2D eigenvalue weighted by atomic mass is 9.85. The monoisotopic (exact) mass is 323 g/mol. The summed E-state index contributed by atoms with van der Waals surface area (Å²) in [5.74, 6) is 0.200. The second-order valence-corrected chi connectivity index (χ2v) is 6.19. The number of nitrogens with one attached hydrogen (secondary N) is 1. The average molecular weight is 324 g/mol. The summed E-state index contributed by atoms with van der Waals surface area (Å²) < 4.78 is 0. The average Bonchev–Trinajstić information content (AvgIpc) is 2.41. The van der Waals surface area contributed by atoms with Gasteiger partial charge in [0.2, 0.25) is 5.91 Å². The maximum Gasteiger partial charge on any atom is 0.231 e. The molecule has 4 nitrogen and oxygen atoms in total. The molecule has 1 amide bonds. The molecule has 0 aliphatic heterocycles. The zero-order chi connectivity index (χ0) is 15.5. The van der Waals surface area contributed by atoms with E-state index >= 15 is 0 Å². The van der Waals surface area contributed by atoms with E-state index in [0.29, 0.717) is 17.3 Å². The van der Waals surface area contributed by atoms with Gasteiger partial charge in [0.1, 0.15) is 5.15 Å². The van der Waals surface area contributed by atoms with Crippen LogP contribution in [-0.4, -0.2) is 15.9 Å². The fraction of sp³-hybridized carbons (Fsp3) is 0.267. The Labute approximate surface area is 133 Å². The zero-order valence-electron chi connectivity index (χ0n) is 11.7. The summed E-state index contributed by atoms with van der Waals surface area (Å²) in [6.07, 6.45) is 3.46. The Morgan fingerprint density at radius 2 is 1.86 bits per heavy atom. The standard InChI is InChI=1S/C15H15Cl2N3O/c1-15(2,7-10-3-5-11(16)6-4-10)14(21)20-13-9-18-8-12(17)19-13/h3-6,8-9H,7H2,1-2H3,(H,19,20,21). The van der Waals surface area contributed by atoms with Gasteiger partial charge in [0.15, 0.2) is 5.82 Å². The molecule has 0 saturated heterocycles. The van der Waals surface area contributed by atoms with Crippen molar-refractivity contribution in [3.8, 4) is 0 Å². The number of amides is 1. The van der Waals surface area contributed by atoms with Crippen LogP contribution >= 0.6 is 23.2 Å². The molecule has 0 spiro atoms. The van der Waals surface area contributed by atoms with Crippen LogP contribution in [0.5, 0.6) is 0 Å². The van der Waals surface area contributed by atoms with Gasteiger partial charge in [0, 0.05) is 10.4 Å². The SMILES string of the molecule is CC(C)(Cc1ccc(Cl)cc1)C(=O)Nc1cncc(Cl)n1. The molecule has 0 aliphatic carbocycles. The number of anilines is 1. The third-order valence-electron chi connectivity index (χ3n) is 3.02. The van der Waals surface area contributed by atoms with Crippen LogP contribution in [0.1, 0.15) is 19.4 Å². The van der Waals surface area contributed by atoms with Gasteiger partial charge < -0.3 is 5.32 Å². The number of aromatic nitrogens is 2. The molecule has 2 aromatic rings. The van der Waals surface area contributed by atoms with E-state index in [4.69, 9.17) is 23.2 Å². The highest BCUT2D eigenvalue weighted by atomic mass is 35.5. The van der Waals surface area contributed by atoms with Gasteiger partial charge in [0.25, 0.3) is 0 Å². The number of nitrogens with zero attached hydrogens (tertiary/aromatic N) is 2. The number of rotatable bonds is 4. The Morgan fingerprint density at radius 1 is 1.19 bits per heavy atom. The first-order valence-corrected chi connectivity index (χ1v) is 7.16. The first-order chi connectivity index (χ1) is 9.87. The lowest BCUT2D eigenvalue weighted by Gasteiger charge is -2.23. The molecule has 1 heterocycles. The summed E-state index contributed by atoms with van der Waals surface area (Å²) in [6.45, 7) is 3.74. The maximum atomic E-state index is 12.4. The van der Waals surface area contributed by atoms with Crippen molar-refractivity contribution in [3.05, 3.63) is 52.4 Å². The van der Waals surface area contributed by atoms with E-state index in [-0.39, 0.29) is 11.1 Å². The van der Waals surface area contributed by atoms with E-state index in [1.54, 1.807) is 0 Å². The Morgan fingerprint density at radius 3 is 2.48 bits per heavy atom. The van der Waals surface area contributed by atoms with Crippen LogP contribution in [0.3, 0.4) is 0 Å². The van der Waals surface area contributed by atoms with Gasteiger partial charge in [-0.1, -0.05) is 49.2 Å². The molecule has 1 aromatic heterocycles. The molecule has 0 atom stereocenters. The third-order valence-corrected chi connectivity index (χ3v) is 3.45. The number of hydrogen-bond donors (Lipinski definition) is 1. The van der Waals surface area contributed by atoms with Crippen LogP contribution in [0, 0.1) is 5.41 Å². The third kappa shape index (κ3) is 4.41. The maximum absolute atomic E-state index is 12.4. The summed E-state index contributed by atoms with van der Waals surface area (Å²) >= 11 is 11.6.